The first-order valence-corrected chi connectivity index (χ1v) is 10.3. The van der Waals surface area contributed by atoms with E-state index in [2.05, 4.69) is 19.1 Å². The smallest absolute Gasteiger partial charge is 0.194 e. The summed E-state index contributed by atoms with van der Waals surface area (Å²) in [6.07, 6.45) is 16.7. The maximum Gasteiger partial charge on any atom is 0.194 e. The Morgan fingerprint density at radius 3 is 1.81 bits per heavy atom. The van der Waals surface area contributed by atoms with Crippen molar-refractivity contribution in [3.63, 3.8) is 0 Å². The lowest BCUT2D eigenvalue weighted by Gasteiger charge is -2.31. The summed E-state index contributed by atoms with van der Waals surface area (Å²) in [5.41, 5.74) is 0.627. The molecule has 1 aromatic rings. The molecule has 0 N–H and O–H groups in total. The van der Waals surface area contributed by atoms with Gasteiger partial charge in [0, 0.05) is 0 Å². The summed E-state index contributed by atoms with van der Waals surface area (Å²) in [4.78, 5) is 0. The molecule has 1 aromatic carbocycles. The highest BCUT2D eigenvalue weighted by Crippen LogP contribution is 2.40. The van der Waals surface area contributed by atoms with Crippen LogP contribution >= 0.6 is 0 Å². The van der Waals surface area contributed by atoms with Crippen LogP contribution in [0, 0.1) is 35.2 Å². The maximum atomic E-state index is 13.5. The largest absolute Gasteiger partial charge is 0.204 e. The molecule has 0 aromatic heterocycles. The lowest BCUT2D eigenvalue weighted by molar-refractivity contribution is 0.246. The minimum atomic E-state index is -1.36. The Morgan fingerprint density at radius 1 is 0.808 bits per heavy atom. The predicted molar refractivity (Wildman–Crippen MR) is 101 cm³/mol. The lowest BCUT2D eigenvalue weighted by Crippen LogP contribution is -2.17. The maximum absolute atomic E-state index is 13.5. The minimum absolute atomic E-state index is 0.173. The quantitative estimate of drug-likeness (QED) is 0.374. The van der Waals surface area contributed by atoms with Gasteiger partial charge in [-0.25, -0.2) is 13.2 Å². The number of hydrogen-bond donors (Lipinski definition) is 0. The van der Waals surface area contributed by atoms with Crippen molar-refractivity contribution < 1.29 is 13.2 Å². The molecule has 0 bridgehead atoms. The van der Waals surface area contributed by atoms with Crippen molar-refractivity contribution in [2.75, 3.05) is 0 Å². The Hall–Kier alpha value is -1.25. The van der Waals surface area contributed by atoms with E-state index in [1.165, 1.54) is 50.7 Å². The van der Waals surface area contributed by atoms with Crippen LogP contribution in [0.25, 0.3) is 0 Å². The van der Waals surface area contributed by atoms with Gasteiger partial charge in [-0.3, -0.25) is 0 Å². The van der Waals surface area contributed by atoms with Crippen LogP contribution in [0.2, 0.25) is 0 Å². The summed E-state index contributed by atoms with van der Waals surface area (Å²) < 4.78 is 40.0. The number of halogens is 3. The topological polar surface area (TPSA) is 0 Å². The second-order valence-electron chi connectivity index (χ2n) is 8.40. The van der Waals surface area contributed by atoms with Gasteiger partial charge in [0.2, 0.25) is 0 Å². The van der Waals surface area contributed by atoms with E-state index in [1.54, 1.807) is 0 Å². The summed E-state index contributed by atoms with van der Waals surface area (Å²) in [6.45, 7) is 2.11. The van der Waals surface area contributed by atoms with Gasteiger partial charge in [0.1, 0.15) is 0 Å². The Morgan fingerprint density at radius 2 is 1.31 bits per heavy atom. The summed E-state index contributed by atoms with van der Waals surface area (Å²) in [6, 6.07) is 2.37. The fraction of sp³-hybridized carbons (Fsp3) is 0.652. The van der Waals surface area contributed by atoms with Gasteiger partial charge in [-0.2, -0.15) is 0 Å². The third-order valence-corrected chi connectivity index (χ3v) is 6.66. The zero-order valence-corrected chi connectivity index (χ0v) is 15.8. The van der Waals surface area contributed by atoms with Gasteiger partial charge in [-0.05, 0) is 99.7 Å². The number of allylic oxidation sites excluding steroid dienone is 2. The van der Waals surface area contributed by atoms with E-state index in [-0.39, 0.29) is 5.92 Å². The van der Waals surface area contributed by atoms with E-state index in [9.17, 15) is 13.2 Å². The molecule has 0 unspecified atom stereocenters. The van der Waals surface area contributed by atoms with Gasteiger partial charge < -0.3 is 0 Å². The van der Waals surface area contributed by atoms with Crippen LogP contribution in [-0.4, -0.2) is 0 Å². The summed E-state index contributed by atoms with van der Waals surface area (Å²) in [5, 5.41) is 0. The van der Waals surface area contributed by atoms with Crippen LogP contribution < -0.4 is 0 Å². The highest BCUT2D eigenvalue weighted by molar-refractivity contribution is 5.23. The first kappa shape index (κ1) is 19.5. The van der Waals surface area contributed by atoms with Crippen LogP contribution in [0.5, 0.6) is 0 Å². The van der Waals surface area contributed by atoms with Gasteiger partial charge in [-0.15, -0.1) is 0 Å². The molecule has 144 valence electrons. The second-order valence-corrected chi connectivity index (χ2v) is 8.40. The van der Waals surface area contributed by atoms with E-state index in [0.717, 1.165) is 43.4 Å². The molecule has 0 spiro atoms. The van der Waals surface area contributed by atoms with Gasteiger partial charge in [0.25, 0.3) is 0 Å². The highest BCUT2D eigenvalue weighted by atomic mass is 19.2. The van der Waals surface area contributed by atoms with Crippen molar-refractivity contribution in [1.82, 2.24) is 0 Å². The molecule has 2 saturated carbocycles. The first-order chi connectivity index (χ1) is 12.6. The van der Waals surface area contributed by atoms with E-state index >= 15 is 0 Å². The minimum Gasteiger partial charge on any atom is -0.204 e. The second kappa shape index (κ2) is 9.10. The molecular formula is C23H31F3. The number of benzene rings is 1. The molecule has 0 saturated heterocycles. The van der Waals surface area contributed by atoms with Crippen LogP contribution in [-0.2, 0) is 0 Å². The molecule has 0 heterocycles. The fourth-order valence-electron chi connectivity index (χ4n) is 5.01. The average molecular weight is 364 g/mol. The molecule has 3 heteroatoms. The Kier molecular flexibility index (Phi) is 6.83. The molecule has 0 atom stereocenters. The molecule has 2 fully saturated rings. The van der Waals surface area contributed by atoms with E-state index in [1.807, 2.05) is 0 Å². The van der Waals surface area contributed by atoms with Crippen LogP contribution in [0.1, 0.15) is 82.6 Å². The molecular weight excluding hydrogens is 333 g/mol. The molecule has 2 aliphatic rings. The monoisotopic (exact) mass is 364 g/mol. The molecule has 0 amide bonds. The van der Waals surface area contributed by atoms with Gasteiger partial charge in [-0.1, -0.05) is 25.0 Å². The average Bonchev–Trinajstić information content (AvgIpc) is 2.66. The normalized spacial score (nSPS) is 30.0. The number of rotatable bonds is 5. The van der Waals surface area contributed by atoms with Crippen molar-refractivity contribution in [3.05, 3.63) is 47.3 Å². The van der Waals surface area contributed by atoms with Crippen molar-refractivity contribution in [2.24, 2.45) is 17.8 Å². The van der Waals surface area contributed by atoms with E-state index in [0.29, 0.717) is 5.56 Å². The number of hydrogen-bond acceptors (Lipinski definition) is 0. The molecule has 26 heavy (non-hydrogen) atoms. The molecule has 0 aliphatic heterocycles. The lowest BCUT2D eigenvalue weighted by atomic mass is 9.74. The highest BCUT2D eigenvalue weighted by Gasteiger charge is 2.26. The van der Waals surface area contributed by atoms with Crippen molar-refractivity contribution in [3.8, 4) is 0 Å². The van der Waals surface area contributed by atoms with Gasteiger partial charge >= 0.3 is 0 Å². The van der Waals surface area contributed by atoms with Crippen molar-refractivity contribution >= 4 is 0 Å². The molecule has 0 nitrogen and oxygen atoms in total. The van der Waals surface area contributed by atoms with Crippen LogP contribution in [0.4, 0.5) is 13.2 Å². The molecule has 2 aliphatic carbocycles. The molecule has 0 radical (unpaired) electrons. The third kappa shape index (κ3) is 4.92. The fourth-order valence-corrected chi connectivity index (χ4v) is 5.01. The Bertz CT molecular complexity index is 583. The zero-order valence-electron chi connectivity index (χ0n) is 15.8. The standard InChI is InChI=1S/C23H31F3/c1-2-3-16-4-6-17(7-5-16)8-9-18-10-12-19(13-11-18)20-14-21(24)23(26)22(25)15-20/h2-3,14-19H,4-13H2,1H3. The van der Waals surface area contributed by atoms with Gasteiger partial charge in [0.05, 0.1) is 0 Å². The van der Waals surface area contributed by atoms with Crippen molar-refractivity contribution in [2.45, 2.75) is 77.0 Å². The predicted octanol–water partition coefficient (Wildman–Crippen LogP) is 7.54. The SMILES string of the molecule is CC=CC1CCC(CCC2CCC(c3cc(F)c(F)c(F)c3)CC2)CC1. The summed E-state index contributed by atoms with van der Waals surface area (Å²) in [7, 11) is 0. The van der Waals surface area contributed by atoms with Crippen LogP contribution in [0.3, 0.4) is 0 Å². The zero-order chi connectivity index (χ0) is 18.5. The summed E-state index contributed by atoms with van der Waals surface area (Å²) in [5.74, 6) is -0.877. The Labute approximate surface area is 155 Å². The third-order valence-electron chi connectivity index (χ3n) is 6.66. The summed E-state index contributed by atoms with van der Waals surface area (Å²) >= 11 is 0. The van der Waals surface area contributed by atoms with E-state index < -0.39 is 17.5 Å². The van der Waals surface area contributed by atoms with Crippen LogP contribution in [0.15, 0.2) is 24.3 Å². The van der Waals surface area contributed by atoms with Crippen molar-refractivity contribution in [1.29, 1.82) is 0 Å². The Balaban J connectivity index is 1.42. The molecule has 3 rings (SSSR count). The van der Waals surface area contributed by atoms with E-state index in [4.69, 9.17) is 0 Å². The first-order valence-electron chi connectivity index (χ1n) is 10.3. The van der Waals surface area contributed by atoms with Gasteiger partial charge in [0.15, 0.2) is 17.5 Å².